The molecule has 0 radical (unpaired) electrons. The molecule has 4 unspecified atom stereocenters. The number of fused-ring (bicyclic) bond motifs is 2. The van der Waals surface area contributed by atoms with Crippen LogP contribution in [-0.2, 0) is 0 Å². The van der Waals surface area contributed by atoms with Crippen molar-refractivity contribution < 1.29 is 22.7 Å². The minimum absolute atomic E-state index is 0.0252. The van der Waals surface area contributed by atoms with Crippen molar-refractivity contribution >= 4 is 5.78 Å². The topological polar surface area (TPSA) is 52.3 Å². The predicted molar refractivity (Wildman–Crippen MR) is 69.8 cm³/mol. The Morgan fingerprint density at radius 3 is 2.48 bits per heavy atom. The molecule has 2 N–H and O–H groups in total. The van der Waals surface area contributed by atoms with Crippen molar-refractivity contribution in [2.45, 2.75) is 31.7 Å². The quantitative estimate of drug-likeness (QED) is 0.872. The second-order valence-electron chi connectivity index (χ2n) is 5.84. The van der Waals surface area contributed by atoms with Crippen molar-refractivity contribution in [1.29, 1.82) is 0 Å². The van der Waals surface area contributed by atoms with Gasteiger partial charge in [0.2, 0.25) is 0 Å². The number of hydrogen-bond acceptors (Lipinski definition) is 3. The van der Waals surface area contributed by atoms with Crippen molar-refractivity contribution in [1.82, 2.24) is 0 Å². The summed E-state index contributed by atoms with van der Waals surface area (Å²) in [6.45, 7) is 0. The maximum Gasteiger partial charge on any atom is 0.573 e. The van der Waals surface area contributed by atoms with E-state index in [0.717, 1.165) is 19.3 Å². The number of carbonyl (C=O) groups is 1. The first kappa shape index (κ1) is 14.4. The first-order valence-corrected chi connectivity index (χ1v) is 7.01. The average molecular weight is 299 g/mol. The third-order valence-electron chi connectivity index (χ3n) is 4.66. The van der Waals surface area contributed by atoms with Gasteiger partial charge in [0.15, 0.2) is 5.78 Å². The first-order chi connectivity index (χ1) is 9.87. The van der Waals surface area contributed by atoms with Gasteiger partial charge in [0.1, 0.15) is 5.75 Å². The van der Waals surface area contributed by atoms with E-state index in [-0.39, 0.29) is 29.2 Å². The highest BCUT2D eigenvalue weighted by molar-refractivity contribution is 6.01. The van der Waals surface area contributed by atoms with E-state index in [2.05, 4.69) is 4.74 Å². The molecule has 4 atom stereocenters. The zero-order valence-electron chi connectivity index (χ0n) is 11.3. The first-order valence-electron chi connectivity index (χ1n) is 7.01. The Kier molecular flexibility index (Phi) is 3.43. The summed E-state index contributed by atoms with van der Waals surface area (Å²) in [6.07, 6.45) is -1.97. The molecule has 2 aliphatic carbocycles. The molecule has 3 nitrogen and oxygen atoms in total. The SMILES string of the molecule is NC1C2CCC(C2)C1C(=O)c1ccccc1OC(F)(F)F. The van der Waals surface area contributed by atoms with Crippen LogP contribution in [0.3, 0.4) is 0 Å². The highest BCUT2D eigenvalue weighted by atomic mass is 19.4. The van der Waals surface area contributed by atoms with Gasteiger partial charge < -0.3 is 10.5 Å². The predicted octanol–water partition coefficient (Wildman–Crippen LogP) is 3.14. The fourth-order valence-electron chi connectivity index (χ4n) is 3.79. The van der Waals surface area contributed by atoms with Crippen LogP contribution in [0.5, 0.6) is 5.75 Å². The number of halogens is 3. The molecule has 0 saturated heterocycles. The second-order valence-corrected chi connectivity index (χ2v) is 5.84. The summed E-state index contributed by atoms with van der Waals surface area (Å²) in [7, 11) is 0. The normalized spacial score (nSPS) is 31.4. The Bertz CT molecular complexity index is 556. The Morgan fingerprint density at radius 2 is 1.86 bits per heavy atom. The zero-order chi connectivity index (χ0) is 15.2. The molecule has 1 aromatic rings. The second kappa shape index (κ2) is 5.02. The lowest BCUT2D eigenvalue weighted by atomic mass is 9.80. The van der Waals surface area contributed by atoms with Crippen molar-refractivity contribution in [3.05, 3.63) is 29.8 Å². The summed E-state index contributed by atoms with van der Waals surface area (Å²) in [6, 6.07) is 5.24. The van der Waals surface area contributed by atoms with Crippen LogP contribution in [-0.4, -0.2) is 18.2 Å². The van der Waals surface area contributed by atoms with E-state index in [0.29, 0.717) is 5.92 Å². The van der Waals surface area contributed by atoms with Crippen molar-refractivity contribution in [2.75, 3.05) is 0 Å². The molecule has 2 aliphatic rings. The van der Waals surface area contributed by atoms with E-state index < -0.39 is 12.1 Å². The monoisotopic (exact) mass is 299 g/mol. The Morgan fingerprint density at radius 1 is 1.19 bits per heavy atom. The highest BCUT2D eigenvalue weighted by Crippen LogP contribution is 2.49. The van der Waals surface area contributed by atoms with Crippen molar-refractivity contribution in [3.63, 3.8) is 0 Å². The molecule has 0 aliphatic heterocycles. The molecule has 21 heavy (non-hydrogen) atoms. The van der Waals surface area contributed by atoms with Crippen LogP contribution >= 0.6 is 0 Å². The van der Waals surface area contributed by atoms with Gasteiger partial charge in [0.05, 0.1) is 5.56 Å². The molecular formula is C15H16F3NO2. The molecule has 2 fully saturated rings. The highest BCUT2D eigenvalue weighted by Gasteiger charge is 2.49. The van der Waals surface area contributed by atoms with Gasteiger partial charge in [-0.3, -0.25) is 4.79 Å². The minimum Gasteiger partial charge on any atom is -0.405 e. The number of Topliss-reactive ketones (excluding diaryl/α,β-unsaturated/α-hetero) is 1. The minimum atomic E-state index is -4.81. The van der Waals surface area contributed by atoms with E-state index in [1.165, 1.54) is 24.3 Å². The van der Waals surface area contributed by atoms with Crippen LogP contribution in [0.1, 0.15) is 29.6 Å². The van der Waals surface area contributed by atoms with E-state index in [1.807, 2.05) is 0 Å². The molecule has 3 rings (SSSR count). The number of alkyl halides is 3. The van der Waals surface area contributed by atoms with E-state index in [4.69, 9.17) is 5.73 Å². The molecule has 6 heteroatoms. The number of ketones is 1. The lowest BCUT2D eigenvalue weighted by Crippen LogP contribution is -2.40. The summed E-state index contributed by atoms with van der Waals surface area (Å²) >= 11 is 0. The maximum atomic E-state index is 12.6. The van der Waals surface area contributed by atoms with Crippen LogP contribution in [0, 0.1) is 17.8 Å². The van der Waals surface area contributed by atoms with Crippen LogP contribution in [0.2, 0.25) is 0 Å². The molecule has 0 aromatic heterocycles. The van der Waals surface area contributed by atoms with Crippen LogP contribution in [0.15, 0.2) is 24.3 Å². The van der Waals surface area contributed by atoms with Gasteiger partial charge in [-0.05, 0) is 43.2 Å². The third kappa shape index (κ3) is 2.64. The molecule has 0 heterocycles. The zero-order valence-corrected chi connectivity index (χ0v) is 11.3. The number of para-hydroxylation sites is 1. The molecule has 2 bridgehead atoms. The lowest BCUT2D eigenvalue weighted by Gasteiger charge is -2.27. The molecular weight excluding hydrogens is 283 g/mol. The molecule has 1 aromatic carbocycles. The fraction of sp³-hybridized carbons (Fsp3) is 0.533. The molecule has 0 amide bonds. The Labute approximate surface area is 120 Å². The van der Waals surface area contributed by atoms with Gasteiger partial charge in [-0.2, -0.15) is 0 Å². The van der Waals surface area contributed by atoms with E-state index in [9.17, 15) is 18.0 Å². The van der Waals surface area contributed by atoms with E-state index >= 15 is 0 Å². The fourth-order valence-corrected chi connectivity index (χ4v) is 3.79. The van der Waals surface area contributed by atoms with Gasteiger partial charge in [0.25, 0.3) is 0 Å². The van der Waals surface area contributed by atoms with Crippen LogP contribution in [0.25, 0.3) is 0 Å². The molecule has 0 spiro atoms. The summed E-state index contributed by atoms with van der Waals surface area (Å²) in [4.78, 5) is 12.6. The van der Waals surface area contributed by atoms with Gasteiger partial charge in [-0.15, -0.1) is 13.2 Å². The smallest absolute Gasteiger partial charge is 0.405 e. The van der Waals surface area contributed by atoms with Crippen LogP contribution in [0.4, 0.5) is 13.2 Å². The molecule has 2 saturated carbocycles. The number of benzene rings is 1. The third-order valence-corrected chi connectivity index (χ3v) is 4.66. The largest absolute Gasteiger partial charge is 0.573 e. The van der Waals surface area contributed by atoms with E-state index in [1.54, 1.807) is 0 Å². The number of ether oxygens (including phenoxy) is 1. The van der Waals surface area contributed by atoms with Crippen LogP contribution < -0.4 is 10.5 Å². The number of hydrogen-bond donors (Lipinski definition) is 1. The van der Waals surface area contributed by atoms with Crippen molar-refractivity contribution in [2.24, 2.45) is 23.5 Å². The Balaban J connectivity index is 1.88. The number of carbonyl (C=O) groups excluding carboxylic acids is 1. The van der Waals surface area contributed by atoms with Crippen molar-refractivity contribution in [3.8, 4) is 5.75 Å². The lowest BCUT2D eigenvalue weighted by molar-refractivity contribution is -0.274. The number of rotatable bonds is 3. The van der Waals surface area contributed by atoms with Gasteiger partial charge >= 0.3 is 6.36 Å². The average Bonchev–Trinajstić information content (AvgIpc) is 2.97. The standard InChI is InChI=1S/C15H16F3NO2/c16-15(17,18)21-11-4-2-1-3-10(11)14(20)12-8-5-6-9(7-8)13(12)19/h1-4,8-9,12-13H,5-7,19H2. The maximum absolute atomic E-state index is 12.6. The summed E-state index contributed by atoms with van der Waals surface area (Å²) < 4.78 is 41.3. The summed E-state index contributed by atoms with van der Waals surface area (Å²) in [5.74, 6) is -0.641. The Hall–Kier alpha value is -1.56. The van der Waals surface area contributed by atoms with Gasteiger partial charge in [-0.25, -0.2) is 0 Å². The summed E-state index contributed by atoms with van der Waals surface area (Å²) in [5.41, 5.74) is 6.07. The van der Waals surface area contributed by atoms with Gasteiger partial charge in [-0.1, -0.05) is 12.1 Å². The molecule has 114 valence electrons. The summed E-state index contributed by atoms with van der Waals surface area (Å²) in [5, 5.41) is 0. The number of nitrogens with two attached hydrogens (primary N) is 1. The van der Waals surface area contributed by atoms with Gasteiger partial charge in [0, 0.05) is 12.0 Å².